The molecule has 2 bridgehead atoms. The maximum Gasteiger partial charge on any atom is 0.174 e. The average molecular weight is 375 g/mol. The van der Waals surface area contributed by atoms with Gasteiger partial charge in [-0.05, 0) is 48.9 Å². The summed E-state index contributed by atoms with van der Waals surface area (Å²) in [4.78, 5) is 15.6. The summed E-state index contributed by atoms with van der Waals surface area (Å²) < 4.78 is 12.0. The molecule has 0 aromatic heterocycles. The van der Waals surface area contributed by atoms with Crippen molar-refractivity contribution in [1.82, 2.24) is 4.90 Å². The van der Waals surface area contributed by atoms with E-state index in [1.807, 2.05) is 6.07 Å². The molecule has 1 unspecified atom stereocenters. The molecule has 2 aromatic rings. The second-order valence-electron chi connectivity index (χ2n) is 8.76. The van der Waals surface area contributed by atoms with Gasteiger partial charge < -0.3 is 9.47 Å². The fraction of sp³-hybridized carbons (Fsp3) is 0.458. The topological polar surface area (TPSA) is 38.8 Å². The number of nitrogens with zero attached hydrogens (tertiary/aromatic N) is 1. The zero-order chi connectivity index (χ0) is 18.9. The van der Waals surface area contributed by atoms with E-state index in [0.29, 0.717) is 18.4 Å². The molecule has 28 heavy (non-hydrogen) atoms. The Morgan fingerprint density at radius 2 is 2.07 bits per heavy atom. The SMILES string of the molecule is COc1ccc2c3c1OC1C(=O)CC[C@@H]4[C@H](C2)N(Cc2ccccc2)CC[C@@]314. The first-order chi connectivity index (χ1) is 13.7. The summed E-state index contributed by atoms with van der Waals surface area (Å²) >= 11 is 0. The zero-order valence-electron chi connectivity index (χ0n) is 16.2. The number of carbonyl (C=O) groups is 1. The van der Waals surface area contributed by atoms with E-state index in [-0.39, 0.29) is 17.3 Å². The minimum absolute atomic E-state index is 0.148. The summed E-state index contributed by atoms with van der Waals surface area (Å²) in [6.45, 7) is 2.00. The lowest BCUT2D eigenvalue weighted by atomic mass is 9.51. The minimum atomic E-state index is -0.321. The van der Waals surface area contributed by atoms with Crippen LogP contribution >= 0.6 is 0 Å². The zero-order valence-corrected chi connectivity index (χ0v) is 16.2. The molecule has 0 amide bonds. The van der Waals surface area contributed by atoms with E-state index in [0.717, 1.165) is 43.9 Å². The molecule has 2 fully saturated rings. The molecule has 4 aliphatic rings. The first-order valence-corrected chi connectivity index (χ1v) is 10.4. The van der Waals surface area contributed by atoms with Crippen molar-refractivity contribution in [2.24, 2.45) is 5.92 Å². The smallest absolute Gasteiger partial charge is 0.174 e. The summed E-state index contributed by atoms with van der Waals surface area (Å²) in [5, 5.41) is 0. The molecule has 1 saturated carbocycles. The molecule has 4 heteroatoms. The molecular formula is C24H25NO3. The molecule has 2 heterocycles. The standard InChI is InChI=1S/C24H25NO3/c1-27-20-10-7-16-13-18-17-8-9-19(26)23-24(17,21(16)22(20)28-23)11-12-25(18)14-15-5-3-2-4-6-15/h2-7,10,17-18,23H,8-9,11-14H2,1H3/t17-,18+,23?,24-/m1/s1. The van der Waals surface area contributed by atoms with Crippen molar-refractivity contribution in [2.45, 2.75) is 49.8 Å². The Bertz CT molecular complexity index is 956. The van der Waals surface area contributed by atoms with Crippen molar-refractivity contribution in [3.8, 4) is 11.5 Å². The number of ether oxygens (including phenoxy) is 2. The van der Waals surface area contributed by atoms with Crippen LogP contribution in [0.25, 0.3) is 0 Å². The summed E-state index contributed by atoms with van der Waals surface area (Å²) in [5.74, 6) is 2.38. The Morgan fingerprint density at radius 3 is 2.89 bits per heavy atom. The van der Waals surface area contributed by atoms with Gasteiger partial charge in [0.15, 0.2) is 23.4 Å². The van der Waals surface area contributed by atoms with Crippen molar-refractivity contribution in [3.05, 3.63) is 59.2 Å². The Morgan fingerprint density at radius 1 is 1.21 bits per heavy atom. The second-order valence-corrected chi connectivity index (χ2v) is 8.76. The maximum atomic E-state index is 12.9. The van der Waals surface area contributed by atoms with Gasteiger partial charge in [0.05, 0.1) is 7.11 Å². The van der Waals surface area contributed by atoms with Gasteiger partial charge in [-0.2, -0.15) is 0 Å². The molecule has 0 radical (unpaired) electrons. The van der Waals surface area contributed by atoms with Crippen LogP contribution in [0.5, 0.6) is 11.5 Å². The number of ketones is 1. The molecule has 144 valence electrons. The summed E-state index contributed by atoms with van der Waals surface area (Å²) in [5.41, 5.74) is 3.87. The van der Waals surface area contributed by atoms with Crippen molar-refractivity contribution >= 4 is 5.78 Å². The van der Waals surface area contributed by atoms with Gasteiger partial charge in [0.25, 0.3) is 0 Å². The molecule has 0 N–H and O–H groups in total. The lowest BCUT2D eigenvalue weighted by Crippen LogP contribution is -2.65. The van der Waals surface area contributed by atoms with Crippen LogP contribution < -0.4 is 9.47 Å². The minimum Gasteiger partial charge on any atom is -0.493 e. The van der Waals surface area contributed by atoms with Gasteiger partial charge in [0.1, 0.15) is 0 Å². The van der Waals surface area contributed by atoms with Crippen LogP contribution in [-0.4, -0.2) is 36.5 Å². The number of piperidine rings is 1. The van der Waals surface area contributed by atoms with Crippen molar-refractivity contribution < 1.29 is 14.3 Å². The normalized spacial score (nSPS) is 32.6. The fourth-order valence-corrected chi connectivity index (χ4v) is 6.57. The van der Waals surface area contributed by atoms with E-state index in [1.165, 1.54) is 16.7 Å². The predicted octanol–water partition coefficient (Wildman–Crippen LogP) is 3.50. The van der Waals surface area contributed by atoms with E-state index < -0.39 is 0 Å². The molecule has 2 aromatic carbocycles. The first kappa shape index (κ1) is 16.6. The van der Waals surface area contributed by atoms with E-state index in [2.05, 4.69) is 41.3 Å². The third-order valence-corrected chi connectivity index (χ3v) is 7.66. The molecular weight excluding hydrogens is 350 g/mol. The Balaban J connectivity index is 1.47. The Hall–Kier alpha value is -2.33. The Labute approximate surface area is 165 Å². The highest BCUT2D eigenvalue weighted by atomic mass is 16.5. The largest absolute Gasteiger partial charge is 0.493 e. The van der Waals surface area contributed by atoms with Gasteiger partial charge >= 0.3 is 0 Å². The van der Waals surface area contributed by atoms with Crippen LogP contribution in [0.1, 0.15) is 36.0 Å². The number of methoxy groups -OCH3 is 1. The monoisotopic (exact) mass is 375 g/mol. The van der Waals surface area contributed by atoms with Crippen LogP contribution in [0.3, 0.4) is 0 Å². The molecule has 6 rings (SSSR count). The highest BCUT2D eigenvalue weighted by Gasteiger charge is 2.65. The predicted molar refractivity (Wildman–Crippen MR) is 106 cm³/mol. The number of rotatable bonds is 3. The van der Waals surface area contributed by atoms with Gasteiger partial charge in [0.2, 0.25) is 0 Å². The molecule has 2 aliphatic carbocycles. The van der Waals surface area contributed by atoms with Crippen LogP contribution in [0.15, 0.2) is 42.5 Å². The number of hydrogen-bond acceptors (Lipinski definition) is 4. The first-order valence-electron chi connectivity index (χ1n) is 10.4. The quantitative estimate of drug-likeness (QED) is 0.823. The summed E-state index contributed by atoms with van der Waals surface area (Å²) in [7, 11) is 1.69. The number of likely N-dealkylation sites (tertiary alicyclic amines) is 1. The van der Waals surface area contributed by atoms with Gasteiger partial charge in [-0.25, -0.2) is 0 Å². The lowest BCUT2D eigenvalue weighted by Gasteiger charge is -2.57. The third-order valence-electron chi connectivity index (χ3n) is 7.66. The van der Waals surface area contributed by atoms with Gasteiger partial charge in [0, 0.05) is 30.0 Å². The van der Waals surface area contributed by atoms with Crippen molar-refractivity contribution in [1.29, 1.82) is 0 Å². The highest BCUT2D eigenvalue weighted by molar-refractivity contribution is 5.89. The van der Waals surface area contributed by atoms with Gasteiger partial charge in [-0.3, -0.25) is 9.69 Å². The lowest BCUT2D eigenvalue weighted by molar-refractivity contribution is -0.139. The van der Waals surface area contributed by atoms with E-state index in [4.69, 9.17) is 9.47 Å². The fourth-order valence-electron chi connectivity index (χ4n) is 6.57. The van der Waals surface area contributed by atoms with E-state index in [1.54, 1.807) is 7.11 Å². The summed E-state index contributed by atoms with van der Waals surface area (Å²) in [6, 6.07) is 15.5. The molecule has 2 aliphatic heterocycles. The van der Waals surface area contributed by atoms with Crippen LogP contribution in [0, 0.1) is 5.92 Å². The van der Waals surface area contributed by atoms with E-state index in [9.17, 15) is 4.79 Å². The number of carbonyl (C=O) groups excluding carboxylic acids is 1. The molecule has 4 nitrogen and oxygen atoms in total. The van der Waals surface area contributed by atoms with Crippen molar-refractivity contribution in [2.75, 3.05) is 13.7 Å². The number of benzene rings is 2. The van der Waals surface area contributed by atoms with Crippen LogP contribution in [0.4, 0.5) is 0 Å². The van der Waals surface area contributed by atoms with Gasteiger partial charge in [-0.1, -0.05) is 36.4 Å². The van der Waals surface area contributed by atoms with Gasteiger partial charge in [-0.15, -0.1) is 0 Å². The number of Topliss-reactive ketones (excluding diaryl/α,β-unsaturated/α-hetero) is 1. The average Bonchev–Trinajstić information content (AvgIpc) is 3.07. The second kappa shape index (κ2) is 5.84. The molecule has 1 saturated heterocycles. The third kappa shape index (κ3) is 2.02. The highest BCUT2D eigenvalue weighted by Crippen LogP contribution is 2.63. The van der Waals surface area contributed by atoms with Crippen LogP contribution in [-0.2, 0) is 23.2 Å². The van der Waals surface area contributed by atoms with Crippen LogP contribution in [0.2, 0.25) is 0 Å². The van der Waals surface area contributed by atoms with E-state index >= 15 is 0 Å². The molecule has 4 atom stereocenters. The molecule has 1 spiro atoms. The maximum absolute atomic E-state index is 12.9. The Kier molecular flexibility index (Phi) is 3.46. The summed E-state index contributed by atoms with van der Waals surface area (Å²) in [6.07, 6.45) is 3.32. The van der Waals surface area contributed by atoms with Crippen molar-refractivity contribution in [3.63, 3.8) is 0 Å². The number of hydrogen-bond donors (Lipinski definition) is 0.